The molecule has 2 aliphatic carbocycles. The van der Waals surface area contributed by atoms with Gasteiger partial charge in [0.25, 0.3) is 0 Å². The second-order valence-electron chi connectivity index (χ2n) is 5.63. The zero-order valence-electron chi connectivity index (χ0n) is 11.1. The summed E-state index contributed by atoms with van der Waals surface area (Å²) in [6, 6.07) is 0.934. The molecule has 2 rings (SSSR count). The molecule has 0 spiro atoms. The minimum Gasteiger partial charge on any atom is -0.381 e. The smallest absolute Gasteiger partial charge is 0.191 e. The Morgan fingerprint density at radius 2 is 2.00 bits per heavy atom. The highest BCUT2D eigenvalue weighted by Crippen LogP contribution is 2.44. The molecule has 0 aliphatic heterocycles. The number of nitrogens with zero attached hydrogens (tertiary/aromatic N) is 2. The number of ether oxygens (including phenoxy) is 1. The first-order valence-electron chi connectivity index (χ1n) is 6.05. The molecule has 5 heteroatoms. The number of methoxy groups -OCH3 is 1. The van der Waals surface area contributed by atoms with Gasteiger partial charge in [-0.3, -0.25) is 0 Å². The Bertz CT molecular complexity index is 302. The zero-order chi connectivity index (χ0) is 11.9. The van der Waals surface area contributed by atoms with Crippen molar-refractivity contribution in [2.45, 2.75) is 51.3 Å². The fourth-order valence-corrected chi connectivity index (χ4v) is 2.38. The van der Waals surface area contributed by atoms with Crippen molar-refractivity contribution in [2.75, 3.05) is 14.2 Å². The van der Waals surface area contributed by atoms with Gasteiger partial charge in [0.05, 0.1) is 12.1 Å². The van der Waals surface area contributed by atoms with E-state index in [9.17, 15) is 0 Å². The van der Waals surface area contributed by atoms with Crippen molar-refractivity contribution in [3.8, 4) is 0 Å². The van der Waals surface area contributed by atoms with E-state index in [0.717, 1.165) is 6.42 Å². The van der Waals surface area contributed by atoms with E-state index in [4.69, 9.17) is 10.5 Å². The first-order chi connectivity index (χ1) is 7.46. The average molecular weight is 353 g/mol. The molecular formula is C12H24IN3O. The zero-order valence-corrected chi connectivity index (χ0v) is 13.5. The molecule has 0 aromatic carbocycles. The minimum absolute atomic E-state index is 0. The molecule has 2 fully saturated rings. The van der Waals surface area contributed by atoms with Crippen LogP contribution in [0.3, 0.4) is 0 Å². The van der Waals surface area contributed by atoms with Crippen LogP contribution in [0.5, 0.6) is 0 Å². The Morgan fingerprint density at radius 3 is 2.41 bits per heavy atom. The van der Waals surface area contributed by atoms with Crippen molar-refractivity contribution in [3.63, 3.8) is 0 Å². The number of hydrogen-bond donors (Lipinski definition) is 1. The maximum atomic E-state index is 6.01. The van der Waals surface area contributed by atoms with Crippen LogP contribution in [0.4, 0.5) is 0 Å². The van der Waals surface area contributed by atoms with Gasteiger partial charge in [0.2, 0.25) is 0 Å². The standard InChI is InChI=1S/C12H23N3O.HI/c1-12(2)9(7-10(12)16-4)14-11(13)15(3)8-5-6-8;/h8-10H,5-7H2,1-4H3,(H2,13,14);1H. The van der Waals surface area contributed by atoms with Crippen LogP contribution in [-0.4, -0.2) is 43.2 Å². The van der Waals surface area contributed by atoms with Crippen LogP contribution < -0.4 is 5.73 Å². The molecule has 2 atom stereocenters. The molecule has 100 valence electrons. The molecule has 0 aromatic rings. The van der Waals surface area contributed by atoms with E-state index in [1.54, 1.807) is 7.11 Å². The fraction of sp³-hybridized carbons (Fsp3) is 0.917. The summed E-state index contributed by atoms with van der Waals surface area (Å²) in [5.74, 6) is 0.690. The number of hydrogen-bond acceptors (Lipinski definition) is 2. The summed E-state index contributed by atoms with van der Waals surface area (Å²) in [7, 11) is 3.81. The number of halogens is 1. The lowest BCUT2D eigenvalue weighted by Crippen LogP contribution is -2.54. The quantitative estimate of drug-likeness (QED) is 0.479. The Hall–Kier alpha value is -0.0400. The van der Waals surface area contributed by atoms with Crippen LogP contribution in [-0.2, 0) is 4.74 Å². The maximum absolute atomic E-state index is 6.01. The molecule has 2 saturated carbocycles. The molecule has 0 bridgehead atoms. The Labute approximate surface area is 121 Å². The summed E-state index contributed by atoms with van der Waals surface area (Å²) in [5.41, 5.74) is 6.13. The van der Waals surface area contributed by atoms with Gasteiger partial charge in [-0.15, -0.1) is 24.0 Å². The molecule has 0 amide bonds. The highest BCUT2D eigenvalue weighted by atomic mass is 127. The van der Waals surface area contributed by atoms with Gasteiger partial charge in [0, 0.05) is 25.6 Å². The van der Waals surface area contributed by atoms with Crippen molar-refractivity contribution in [2.24, 2.45) is 16.1 Å². The molecule has 2 unspecified atom stereocenters. The molecular weight excluding hydrogens is 329 g/mol. The van der Waals surface area contributed by atoms with E-state index in [0.29, 0.717) is 24.1 Å². The van der Waals surface area contributed by atoms with Gasteiger partial charge in [-0.25, -0.2) is 4.99 Å². The van der Waals surface area contributed by atoms with E-state index in [1.165, 1.54) is 12.8 Å². The average Bonchev–Trinajstić information content (AvgIpc) is 3.05. The second-order valence-corrected chi connectivity index (χ2v) is 5.63. The third-order valence-electron chi connectivity index (χ3n) is 4.15. The molecule has 0 heterocycles. The maximum Gasteiger partial charge on any atom is 0.191 e. The predicted molar refractivity (Wildman–Crippen MR) is 80.8 cm³/mol. The Kier molecular flexibility index (Phi) is 4.68. The molecule has 2 aliphatic rings. The van der Waals surface area contributed by atoms with Gasteiger partial charge in [-0.05, 0) is 19.3 Å². The third-order valence-corrected chi connectivity index (χ3v) is 4.15. The van der Waals surface area contributed by atoms with Crippen LogP contribution in [0.2, 0.25) is 0 Å². The first kappa shape index (κ1) is 15.0. The lowest BCUT2D eigenvalue weighted by Gasteiger charge is -2.49. The van der Waals surface area contributed by atoms with E-state index in [-0.39, 0.29) is 29.4 Å². The van der Waals surface area contributed by atoms with Crippen LogP contribution in [0.25, 0.3) is 0 Å². The predicted octanol–water partition coefficient (Wildman–Crippen LogP) is 1.83. The van der Waals surface area contributed by atoms with Crippen LogP contribution in [0.1, 0.15) is 33.1 Å². The van der Waals surface area contributed by atoms with E-state index in [2.05, 4.69) is 23.7 Å². The number of nitrogens with two attached hydrogens (primary N) is 1. The Morgan fingerprint density at radius 1 is 1.41 bits per heavy atom. The molecule has 4 nitrogen and oxygen atoms in total. The van der Waals surface area contributed by atoms with Crippen molar-refractivity contribution in [1.82, 2.24) is 4.90 Å². The normalized spacial score (nSPS) is 31.4. The van der Waals surface area contributed by atoms with Gasteiger partial charge in [0.15, 0.2) is 5.96 Å². The lowest BCUT2D eigenvalue weighted by molar-refractivity contribution is -0.0853. The monoisotopic (exact) mass is 353 g/mol. The van der Waals surface area contributed by atoms with E-state index >= 15 is 0 Å². The van der Waals surface area contributed by atoms with Gasteiger partial charge in [-0.2, -0.15) is 0 Å². The summed E-state index contributed by atoms with van der Waals surface area (Å²) < 4.78 is 5.41. The summed E-state index contributed by atoms with van der Waals surface area (Å²) in [6.07, 6.45) is 3.81. The molecule has 0 aromatic heterocycles. The van der Waals surface area contributed by atoms with Crippen molar-refractivity contribution in [1.29, 1.82) is 0 Å². The van der Waals surface area contributed by atoms with Crippen LogP contribution >= 0.6 is 24.0 Å². The second kappa shape index (κ2) is 5.30. The van der Waals surface area contributed by atoms with Gasteiger partial charge < -0.3 is 15.4 Å². The summed E-state index contributed by atoms with van der Waals surface area (Å²) in [5, 5.41) is 0. The molecule has 0 saturated heterocycles. The van der Waals surface area contributed by atoms with Gasteiger partial charge in [0.1, 0.15) is 0 Å². The molecule has 0 radical (unpaired) electrons. The van der Waals surface area contributed by atoms with Crippen molar-refractivity contribution >= 4 is 29.9 Å². The largest absolute Gasteiger partial charge is 0.381 e. The van der Waals surface area contributed by atoms with Crippen LogP contribution in [0, 0.1) is 5.41 Å². The third kappa shape index (κ3) is 2.86. The van der Waals surface area contributed by atoms with E-state index < -0.39 is 0 Å². The summed E-state index contributed by atoms with van der Waals surface area (Å²) in [6.45, 7) is 4.40. The summed E-state index contributed by atoms with van der Waals surface area (Å²) >= 11 is 0. The number of rotatable bonds is 3. The van der Waals surface area contributed by atoms with E-state index in [1.807, 2.05) is 7.05 Å². The fourth-order valence-electron chi connectivity index (χ4n) is 2.38. The van der Waals surface area contributed by atoms with Crippen LogP contribution in [0.15, 0.2) is 4.99 Å². The Balaban J connectivity index is 0.00000144. The highest BCUT2D eigenvalue weighted by Gasteiger charge is 2.49. The minimum atomic E-state index is 0. The highest BCUT2D eigenvalue weighted by molar-refractivity contribution is 14.0. The number of aliphatic imine (C=N–C) groups is 1. The van der Waals surface area contributed by atoms with Crippen molar-refractivity contribution in [3.05, 3.63) is 0 Å². The lowest BCUT2D eigenvalue weighted by atomic mass is 9.65. The number of guanidine groups is 1. The topological polar surface area (TPSA) is 50.9 Å². The van der Waals surface area contributed by atoms with Gasteiger partial charge in [-0.1, -0.05) is 13.8 Å². The van der Waals surface area contributed by atoms with Gasteiger partial charge >= 0.3 is 0 Å². The first-order valence-corrected chi connectivity index (χ1v) is 6.05. The summed E-state index contributed by atoms with van der Waals surface area (Å²) in [4.78, 5) is 6.74. The SMILES string of the molecule is COC1CC(N=C(N)N(C)C2CC2)C1(C)C.I. The van der Waals surface area contributed by atoms with Crippen molar-refractivity contribution < 1.29 is 4.74 Å². The molecule has 2 N–H and O–H groups in total. The molecule has 17 heavy (non-hydrogen) atoms.